The Morgan fingerprint density at radius 2 is 1.83 bits per heavy atom. The zero-order chi connectivity index (χ0) is 18.1. The van der Waals surface area contributed by atoms with Gasteiger partial charge in [0.25, 0.3) is 5.91 Å². The first-order chi connectivity index (χ1) is 11.1. The van der Waals surface area contributed by atoms with Crippen molar-refractivity contribution in [2.45, 2.75) is 19.1 Å². The van der Waals surface area contributed by atoms with Crippen molar-refractivity contribution in [3.05, 3.63) is 47.8 Å². The third-order valence-electron chi connectivity index (χ3n) is 3.53. The molecule has 2 aromatic rings. The molecule has 0 aliphatic rings. The van der Waals surface area contributed by atoms with Crippen LogP contribution in [-0.2, 0) is 11.0 Å². The van der Waals surface area contributed by atoms with Crippen molar-refractivity contribution in [3.63, 3.8) is 0 Å². The lowest BCUT2D eigenvalue weighted by Crippen LogP contribution is -2.40. The highest BCUT2D eigenvalue weighted by Gasteiger charge is 2.41. The van der Waals surface area contributed by atoms with Gasteiger partial charge in [-0.1, -0.05) is 18.2 Å². The fourth-order valence-electron chi connectivity index (χ4n) is 2.07. The Kier molecular flexibility index (Phi) is 4.63. The number of carboxylic acids is 1. The Hall–Kier alpha value is -2.84. The molecule has 0 aliphatic heterocycles. The molecular formula is C15H14F3N3O3. The number of nitrogens with zero attached hydrogens (tertiary/aromatic N) is 3. The summed E-state index contributed by atoms with van der Waals surface area (Å²) in [5, 5.41) is 12.6. The molecular weight excluding hydrogens is 327 g/mol. The second-order valence-corrected chi connectivity index (χ2v) is 5.08. The highest BCUT2D eigenvalue weighted by Crippen LogP contribution is 2.34. The number of hydrogen-bond donors (Lipinski definition) is 1. The number of alkyl halides is 3. The first-order valence-corrected chi connectivity index (χ1v) is 6.85. The fourth-order valence-corrected chi connectivity index (χ4v) is 2.07. The van der Waals surface area contributed by atoms with Gasteiger partial charge in [-0.25, -0.2) is 9.48 Å². The average molecular weight is 341 g/mol. The molecule has 0 saturated heterocycles. The van der Waals surface area contributed by atoms with E-state index in [1.165, 1.54) is 31.2 Å². The fraction of sp³-hybridized carbons (Fsp3) is 0.267. The summed E-state index contributed by atoms with van der Waals surface area (Å²) in [5.74, 6) is -2.39. The normalized spacial score (nSPS) is 12.7. The van der Waals surface area contributed by atoms with Crippen LogP contribution in [0.1, 0.15) is 23.0 Å². The summed E-state index contributed by atoms with van der Waals surface area (Å²) in [4.78, 5) is 24.0. The lowest BCUT2D eigenvalue weighted by Gasteiger charge is -2.22. The molecule has 128 valence electrons. The topological polar surface area (TPSA) is 75.4 Å². The molecule has 2 rings (SSSR count). The van der Waals surface area contributed by atoms with Gasteiger partial charge in [-0.05, 0) is 19.1 Å². The maximum atomic E-state index is 13.5. The molecule has 0 aliphatic carbocycles. The lowest BCUT2D eigenvalue weighted by atomic mass is 10.1. The number of rotatable bonds is 4. The van der Waals surface area contributed by atoms with E-state index >= 15 is 0 Å². The third-order valence-corrected chi connectivity index (χ3v) is 3.53. The molecule has 6 nitrogen and oxygen atoms in total. The van der Waals surface area contributed by atoms with Crippen molar-refractivity contribution in [3.8, 4) is 5.69 Å². The van der Waals surface area contributed by atoms with Crippen LogP contribution in [0.4, 0.5) is 13.2 Å². The molecule has 24 heavy (non-hydrogen) atoms. The summed E-state index contributed by atoms with van der Waals surface area (Å²) in [7, 11) is 1.13. The number of hydrogen-bond acceptors (Lipinski definition) is 3. The maximum absolute atomic E-state index is 13.5. The van der Waals surface area contributed by atoms with Crippen molar-refractivity contribution in [2.24, 2.45) is 0 Å². The minimum atomic E-state index is -4.84. The largest absolute Gasteiger partial charge is 0.480 e. The molecule has 0 bridgehead atoms. The summed E-state index contributed by atoms with van der Waals surface area (Å²) in [6.07, 6.45) is -4.05. The number of carboxylic acid groups (broad SMARTS) is 1. The van der Waals surface area contributed by atoms with Gasteiger partial charge in [-0.2, -0.15) is 18.3 Å². The number of para-hydroxylation sites is 1. The third kappa shape index (κ3) is 3.24. The molecule has 1 aromatic heterocycles. The quantitative estimate of drug-likeness (QED) is 0.927. The van der Waals surface area contributed by atoms with Crippen LogP contribution >= 0.6 is 0 Å². The molecule has 1 aromatic carbocycles. The number of carbonyl (C=O) groups is 2. The highest BCUT2D eigenvalue weighted by atomic mass is 19.4. The van der Waals surface area contributed by atoms with Crippen LogP contribution in [0, 0.1) is 0 Å². The second-order valence-electron chi connectivity index (χ2n) is 5.08. The van der Waals surface area contributed by atoms with Crippen LogP contribution in [0.25, 0.3) is 5.69 Å². The van der Waals surface area contributed by atoms with E-state index in [1.54, 1.807) is 6.07 Å². The average Bonchev–Trinajstić information content (AvgIpc) is 2.98. The van der Waals surface area contributed by atoms with E-state index in [2.05, 4.69) is 5.10 Å². The summed E-state index contributed by atoms with van der Waals surface area (Å²) in [5.41, 5.74) is -1.82. The second kappa shape index (κ2) is 6.34. The molecule has 0 spiro atoms. The Bertz CT molecular complexity index is 756. The SMILES string of the molecule is CC(C(=O)O)N(C)C(=O)c1cnn(-c2ccccc2)c1C(F)(F)F. The van der Waals surface area contributed by atoms with E-state index in [4.69, 9.17) is 5.11 Å². The minimum Gasteiger partial charge on any atom is -0.480 e. The molecule has 1 amide bonds. The molecule has 1 unspecified atom stereocenters. The van der Waals surface area contributed by atoms with Crippen LogP contribution in [0.5, 0.6) is 0 Å². The van der Waals surface area contributed by atoms with Crippen molar-refractivity contribution in [2.75, 3.05) is 7.05 Å². The van der Waals surface area contributed by atoms with Crippen LogP contribution in [0.2, 0.25) is 0 Å². The summed E-state index contributed by atoms with van der Waals surface area (Å²) >= 11 is 0. The van der Waals surface area contributed by atoms with Gasteiger partial charge in [-0.3, -0.25) is 4.79 Å². The Labute approximate surface area is 135 Å². The van der Waals surface area contributed by atoms with Crippen molar-refractivity contribution >= 4 is 11.9 Å². The number of aromatic nitrogens is 2. The summed E-state index contributed by atoms with van der Waals surface area (Å²) < 4.78 is 41.0. The van der Waals surface area contributed by atoms with Crippen LogP contribution in [0.3, 0.4) is 0 Å². The smallest absolute Gasteiger partial charge is 0.434 e. The van der Waals surface area contributed by atoms with Gasteiger partial charge in [-0.15, -0.1) is 0 Å². The molecule has 0 radical (unpaired) electrons. The van der Waals surface area contributed by atoms with E-state index < -0.39 is 35.4 Å². The highest BCUT2D eigenvalue weighted by molar-refractivity contribution is 5.97. The standard InChI is InChI=1S/C15H14F3N3O3/c1-9(14(23)24)20(2)13(22)11-8-19-21(12(11)15(16,17)18)10-6-4-3-5-7-10/h3-9H,1-2H3,(H,23,24). The van der Waals surface area contributed by atoms with Crippen molar-refractivity contribution in [1.82, 2.24) is 14.7 Å². The Morgan fingerprint density at radius 1 is 1.25 bits per heavy atom. The Morgan fingerprint density at radius 3 is 2.33 bits per heavy atom. The molecule has 0 fully saturated rings. The number of carbonyl (C=O) groups excluding carboxylic acids is 1. The van der Waals surface area contributed by atoms with E-state index in [-0.39, 0.29) is 5.69 Å². The van der Waals surface area contributed by atoms with Crippen molar-refractivity contribution in [1.29, 1.82) is 0 Å². The van der Waals surface area contributed by atoms with E-state index in [0.29, 0.717) is 4.68 Å². The van der Waals surface area contributed by atoms with Gasteiger partial charge in [0.2, 0.25) is 0 Å². The first-order valence-electron chi connectivity index (χ1n) is 6.85. The number of likely N-dealkylation sites (N-methyl/N-ethyl adjacent to an activating group) is 1. The molecule has 1 heterocycles. The van der Waals surface area contributed by atoms with E-state index in [1.807, 2.05) is 0 Å². The van der Waals surface area contributed by atoms with Gasteiger partial charge >= 0.3 is 12.1 Å². The lowest BCUT2D eigenvalue weighted by molar-refractivity contribution is -0.143. The number of halogens is 3. The summed E-state index contributed by atoms with van der Waals surface area (Å²) in [6.45, 7) is 1.20. The number of aliphatic carboxylic acids is 1. The summed E-state index contributed by atoms with van der Waals surface area (Å²) in [6, 6.07) is 6.27. The van der Waals surface area contributed by atoms with Gasteiger partial charge in [0.15, 0.2) is 5.69 Å². The van der Waals surface area contributed by atoms with Gasteiger partial charge < -0.3 is 10.0 Å². The monoisotopic (exact) mass is 341 g/mol. The van der Waals surface area contributed by atoms with E-state index in [0.717, 1.165) is 18.1 Å². The molecule has 1 N–H and O–H groups in total. The zero-order valence-corrected chi connectivity index (χ0v) is 12.8. The Balaban J connectivity index is 2.54. The first kappa shape index (κ1) is 17.5. The number of benzene rings is 1. The predicted octanol–water partition coefficient (Wildman–Crippen LogP) is 2.44. The molecule has 0 saturated carbocycles. The van der Waals surface area contributed by atoms with Crippen LogP contribution < -0.4 is 0 Å². The number of amides is 1. The van der Waals surface area contributed by atoms with Crippen LogP contribution in [-0.4, -0.2) is 44.8 Å². The van der Waals surface area contributed by atoms with Crippen LogP contribution in [0.15, 0.2) is 36.5 Å². The minimum absolute atomic E-state index is 0.137. The molecule has 1 atom stereocenters. The predicted molar refractivity (Wildman–Crippen MR) is 77.8 cm³/mol. The van der Waals surface area contributed by atoms with Gasteiger partial charge in [0.1, 0.15) is 6.04 Å². The maximum Gasteiger partial charge on any atom is 0.434 e. The zero-order valence-electron chi connectivity index (χ0n) is 12.8. The van der Waals surface area contributed by atoms with E-state index in [9.17, 15) is 22.8 Å². The van der Waals surface area contributed by atoms with Crippen molar-refractivity contribution < 1.29 is 27.9 Å². The van der Waals surface area contributed by atoms with Gasteiger partial charge in [0.05, 0.1) is 17.4 Å². The van der Waals surface area contributed by atoms with Gasteiger partial charge in [0, 0.05) is 7.05 Å². The molecule has 9 heteroatoms.